The van der Waals surface area contributed by atoms with Gasteiger partial charge in [-0.15, -0.1) is 0 Å². The van der Waals surface area contributed by atoms with Crippen LogP contribution in [0.15, 0.2) is 23.1 Å². The summed E-state index contributed by atoms with van der Waals surface area (Å²) in [6.45, 7) is 1.41. The molecule has 0 bridgehead atoms. The number of hydrogen-bond donors (Lipinski definition) is 0. The Kier molecular flexibility index (Phi) is 4.90. The highest BCUT2D eigenvalue weighted by molar-refractivity contribution is 5.76. The third-order valence-corrected chi connectivity index (χ3v) is 5.07. The molecule has 5 nitrogen and oxygen atoms in total. The van der Waals surface area contributed by atoms with Gasteiger partial charge >= 0.3 is 6.18 Å². The Balaban J connectivity index is 1.69. The van der Waals surface area contributed by atoms with E-state index in [4.69, 9.17) is 4.74 Å². The Morgan fingerprint density at radius 1 is 1.20 bits per heavy atom. The summed E-state index contributed by atoms with van der Waals surface area (Å²) in [5, 5.41) is 0. The first-order chi connectivity index (χ1) is 11.8. The summed E-state index contributed by atoms with van der Waals surface area (Å²) in [4.78, 5) is 26.1. The van der Waals surface area contributed by atoms with Crippen LogP contribution in [-0.4, -0.2) is 40.7 Å². The maximum absolute atomic E-state index is 12.8. The van der Waals surface area contributed by atoms with E-state index in [0.717, 1.165) is 55.4 Å². The summed E-state index contributed by atoms with van der Waals surface area (Å²) in [6.07, 6.45) is 0.919. The second-order valence-electron chi connectivity index (χ2n) is 6.72. The predicted octanol–water partition coefficient (Wildman–Crippen LogP) is 2.43. The normalized spacial score (nSPS) is 24.5. The van der Waals surface area contributed by atoms with E-state index >= 15 is 0 Å². The third kappa shape index (κ3) is 3.89. The van der Waals surface area contributed by atoms with Crippen LogP contribution in [0.5, 0.6) is 0 Å². The number of pyridine rings is 1. The second kappa shape index (κ2) is 6.82. The van der Waals surface area contributed by atoms with Crippen LogP contribution >= 0.6 is 0 Å². The first-order valence-electron chi connectivity index (χ1n) is 8.49. The predicted molar refractivity (Wildman–Crippen MR) is 84.1 cm³/mol. The summed E-state index contributed by atoms with van der Waals surface area (Å²) in [7, 11) is 0. The molecule has 1 atom stereocenters. The molecule has 1 aromatic rings. The molecule has 0 aromatic carbocycles. The van der Waals surface area contributed by atoms with Gasteiger partial charge in [-0.05, 0) is 44.2 Å². The van der Waals surface area contributed by atoms with Crippen molar-refractivity contribution in [1.29, 1.82) is 0 Å². The van der Waals surface area contributed by atoms with Crippen molar-refractivity contribution in [1.82, 2.24) is 9.47 Å². The highest BCUT2D eigenvalue weighted by Gasteiger charge is 2.38. The molecule has 1 amide bonds. The minimum Gasteiger partial charge on any atom is -0.375 e. The van der Waals surface area contributed by atoms with Gasteiger partial charge in [0.1, 0.15) is 12.1 Å². The summed E-state index contributed by atoms with van der Waals surface area (Å²) in [5.41, 5.74) is -2.59. The zero-order valence-electron chi connectivity index (χ0n) is 13.8. The molecule has 2 saturated heterocycles. The average molecular weight is 358 g/mol. The molecule has 1 spiro atoms. The van der Waals surface area contributed by atoms with Crippen LogP contribution < -0.4 is 5.56 Å². The molecule has 25 heavy (non-hydrogen) atoms. The van der Waals surface area contributed by atoms with E-state index in [1.165, 1.54) is 6.20 Å². The van der Waals surface area contributed by atoms with Crippen molar-refractivity contribution in [2.75, 3.05) is 19.7 Å². The number of hydrogen-bond acceptors (Lipinski definition) is 3. The molecular weight excluding hydrogens is 337 g/mol. The number of nitrogens with zero attached hydrogens (tertiary/aromatic N) is 2. The van der Waals surface area contributed by atoms with Crippen LogP contribution in [-0.2, 0) is 22.3 Å². The van der Waals surface area contributed by atoms with E-state index in [9.17, 15) is 22.8 Å². The standard InChI is InChI=1S/C17H21F3N2O3/c18-17(19,20)13-4-1-8-22(15(13)24)12-14(23)21-9-2-5-16(7-10-21)6-3-11-25-16/h1,4,8H,2-3,5-7,9-12H2/t16-/m0/s1. The highest BCUT2D eigenvalue weighted by atomic mass is 19.4. The molecule has 0 unspecified atom stereocenters. The fourth-order valence-corrected chi connectivity index (χ4v) is 3.69. The number of halogens is 3. The molecule has 138 valence electrons. The van der Waals surface area contributed by atoms with Crippen LogP contribution in [0.2, 0.25) is 0 Å². The molecule has 0 aliphatic carbocycles. The van der Waals surface area contributed by atoms with Gasteiger partial charge in [0, 0.05) is 25.9 Å². The number of carbonyl (C=O) groups is 1. The van der Waals surface area contributed by atoms with E-state index in [0.29, 0.717) is 13.1 Å². The molecule has 2 fully saturated rings. The lowest BCUT2D eigenvalue weighted by Gasteiger charge is -2.27. The van der Waals surface area contributed by atoms with E-state index in [1.807, 2.05) is 0 Å². The molecule has 3 rings (SSSR count). The van der Waals surface area contributed by atoms with E-state index in [-0.39, 0.29) is 18.1 Å². The van der Waals surface area contributed by atoms with Crippen LogP contribution in [0.4, 0.5) is 13.2 Å². The minimum atomic E-state index is -4.72. The monoisotopic (exact) mass is 358 g/mol. The number of ether oxygens (including phenoxy) is 1. The van der Waals surface area contributed by atoms with Gasteiger partial charge in [0.25, 0.3) is 5.56 Å². The van der Waals surface area contributed by atoms with Gasteiger partial charge in [-0.2, -0.15) is 13.2 Å². The number of aromatic nitrogens is 1. The number of amides is 1. The Morgan fingerprint density at radius 3 is 2.64 bits per heavy atom. The lowest BCUT2D eigenvalue weighted by molar-refractivity contribution is -0.139. The first kappa shape index (κ1) is 18.0. The molecular formula is C17H21F3N2O3. The molecule has 0 N–H and O–H groups in total. The van der Waals surface area contributed by atoms with Crippen LogP contribution in [0.3, 0.4) is 0 Å². The maximum atomic E-state index is 12.8. The second-order valence-corrected chi connectivity index (χ2v) is 6.72. The zero-order valence-corrected chi connectivity index (χ0v) is 13.8. The minimum absolute atomic E-state index is 0.151. The quantitative estimate of drug-likeness (QED) is 0.816. The lowest BCUT2D eigenvalue weighted by Crippen LogP contribution is -2.39. The number of likely N-dealkylation sites (tertiary alicyclic amines) is 1. The largest absolute Gasteiger partial charge is 0.421 e. The average Bonchev–Trinajstić information content (AvgIpc) is 2.89. The van der Waals surface area contributed by atoms with Gasteiger partial charge in [-0.1, -0.05) is 0 Å². The maximum Gasteiger partial charge on any atom is 0.421 e. The van der Waals surface area contributed by atoms with Crippen molar-refractivity contribution in [2.24, 2.45) is 0 Å². The van der Waals surface area contributed by atoms with Gasteiger partial charge in [0.2, 0.25) is 5.91 Å². The summed E-state index contributed by atoms with van der Waals surface area (Å²) in [6, 6.07) is 1.87. The fraction of sp³-hybridized carbons (Fsp3) is 0.647. The summed E-state index contributed by atoms with van der Waals surface area (Å²) >= 11 is 0. The Bertz CT molecular complexity index is 693. The van der Waals surface area contributed by atoms with Gasteiger partial charge < -0.3 is 14.2 Å². The summed E-state index contributed by atoms with van der Waals surface area (Å²) in [5.74, 6) is -0.337. The number of alkyl halides is 3. The van der Waals surface area contributed by atoms with Crippen molar-refractivity contribution in [2.45, 2.75) is 50.4 Å². The molecule has 0 saturated carbocycles. The van der Waals surface area contributed by atoms with Gasteiger partial charge in [-0.3, -0.25) is 9.59 Å². The van der Waals surface area contributed by atoms with E-state index < -0.39 is 17.3 Å². The molecule has 2 aliphatic heterocycles. The number of carbonyl (C=O) groups excluding carboxylic acids is 1. The SMILES string of the molecule is O=C(Cn1cccc(C(F)(F)F)c1=O)N1CCC[C@]2(CCCO2)CC1. The third-order valence-electron chi connectivity index (χ3n) is 5.07. The van der Waals surface area contributed by atoms with Gasteiger partial charge in [-0.25, -0.2) is 0 Å². The van der Waals surface area contributed by atoms with Crippen LogP contribution in [0.25, 0.3) is 0 Å². The van der Waals surface area contributed by atoms with Gasteiger partial charge in [0.15, 0.2) is 0 Å². The smallest absolute Gasteiger partial charge is 0.375 e. The van der Waals surface area contributed by atoms with E-state index in [1.54, 1.807) is 4.90 Å². The molecule has 2 aliphatic rings. The van der Waals surface area contributed by atoms with Crippen molar-refractivity contribution in [3.8, 4) is 0 Å². The Labute approximate surface area is 143 Å². The molecule has 0 radical (unpaired) electrons. The van der Waals surface area contributed by atoms with Crippen molar-refractivity contribution in [3.63, 3.8) is 0 Å². The number of rotatable bonds is 2. The van der Waals surface area contributed by atoms with E-state index in [2.05, 4.69) is 0 Å². The Morgan fingerprint density at radius 2 is 1.96 bits per heavy atom. The lowest BCUT2D eigenvalue weighted by atomic mass is 9.92. The van der Waals surface area contributed by atoms with Crippen LogP contribution in [0.1, 0.15) is 37.7 Å². The molecule has 1 aromatic heterocycles. The van der Waals surface area contributed by atoms with Crippen molar-refractivity contribution >= 4 is 5.91 Å². The van der Waals surface area contributed by atoms with Gasteiger partial charge in [0.05, 0.1) is 5.60 Å². The molecule has 3 heterocycles. The zero-order chi connectivity index (χ0) is 18.1. The van der Waals surface area contributed by atoms with Crippen LogP contribution in [0, 0.1) is 0 Å². The van der Waals surface area contributed by atoms with Crippen molar-refractivity contribution in [3.05, 3.63) is 34.2 Å². The highest BCUT2D eigenvalue weighted by Crippen LogP contribution is 2.35. The Hall–Kier alpha value is -1.83. The van der Waals surface area contributed by atoms with Crippen molar-refractivity contribution < 1.29 is 22.7 Å². The fourth-order valence-electron chi connectivity index (χ4n) is 3.69. The topological polar surface area (TPSA) is 51.5 Å². The first-order valence-corrected chi connectivity index (χ1v) is 8.49. The summed E-state index contributed by atoms with van der Waals surface area (Å²) < 4.78 is 45.2. The molecule has 8 heteroatoms.